The van der Waals surface area contributed by atoms with E-state index in [9.17, 15) is 9.59 Å². The molecule has 0 fully saturated rings. The molecule has 1 aliphatic carbocycles. The van der Waals surface area contributed by atoms with Crippen LogP contribution < -0.4 is 4.84 Å². The van der Waals surface area contributed by atoms with Crippen LogP contribution in [0.15, 0.2) is 24.3 Å². The van der Waals surface area contributed by atoms with Crippen molar-refractivity contribution in [3.8, 4) is 0 Å². The quantitative estimate of drug-likeness (QED) is 0.352. The normalized spacial score (nSPS) is 24.5. The number of rotatable bonds is 1. The molecule has 3 nitrogen and oxygen atoms in total. The molecule has 0 aromatic carbocycles. The van der Waals surface area contributed by atoms with E-state index in [1.807, 2.05) is 0 Å². The molecule has 0 heterocycles. The number of carbonyl (C=O) groups excluding carboxylic acids is 2. The van der Waals surface area contributed by atoms with Gasteiger partial charge in [-0.25, -0.2) is 4.84 Å². The van der Waals surface area contributed by atoms with E-state index < -0.39 is 17.6 Å². The summed E-state index contributed by atoms with van der Waals surface area (Å²) >= 11 is 5.18. The molecule has 1 rings (SSSR count). The van der Waals surface area contributed by atoms with Crippen molar-refractivity contribution in [1.29, 1.82) is 0 Å². The summed E-state index contributed by atoms with van der Waals surface area (Å²) in [5, 5.41) is 0. The summed E-state index contributed by atoms with van der Waals surface area (Å²) in [7, 11) is 0. The number of carbonyl (C=O) groups is 2. The lowest BCUT2D eigenvalue weighted by Gasteiger charge is -2.12. The predicted octanol–water partition coefficient (Wildman–Crippen LogP) is 0.363. The average Bonchev–Trinajstić information content (AvgIpc) is 2.01. The standard InChI is InChI=1S/C7H6ClNO2/c1-4-2-3-5(9-8)7(11)6(4)10/h2-3,5,9H,1H2. The smallest absolute Gasteiger partial charge is 0.230 e. The zero-order valence-electron chi connectivity index (χ0n) is 5.63. The molecule has 0 bridgehead atoms. The molecule has 0 amide bonds. The topological polar surface area (TPSA) is 46.2 Å². The van der Waals surface area contributed by atoms with Gasteiger partial charge < -0.3 is 0 Å². The fourth-order valence-corrected chi connectivity index (χ4v) is 0.933. The lowest BCUT2D eigenvalue weighted by atomic mass is 9.97. The predicted molar refractivity (Wildman–Crippen MR) is 41.1 cm³/mol. The number of ketones is 2. The van der Waals surface area contributed by atoms with Crippen LogP contribution in [0.25, 0.3) is 0 Å². The lowest BCUT2D eigenvalue weighted by molar-refractivity contribution is -0.134. The summed E-state index contributed by atoms with van der Waals surface area (Å²) in [6.45, 7) is 3.39. The van der Waals surface area contributed by atoms with Crippen molar-refractivity contribution in [2.45, 2.75) is 6.04 Å². The maximum atomic E-state index is 11.0. The van der Waals surface area contributed by atoms with Crippen molar-refractivity contribution < 1.29 is 9.59 Å². The van der Waals surface area contributed by atoms with Crippen molar-refractivity contribution in [2.75, 3.05) is 0 Å². The Morgan fingerprint density at radius 3 is 2.73 bits per heavy atom. The molecule has 0 spiro atoms. The number of hydrogen-bond acceptors (Lipinski definition) is 3. The van der Waals surface area contributed by atoms with Gasteiger partial charge in [-0.05, 0) is 11.8 Å². The second-order valence-electron chi connectivity index (χ2n) is 2.16. The molecule has 1 unspecified atom stereocenters. The Balaban J connectivity index is 2.94. The molecule has 4 heteroatoms. The van der Waals surface area contributed by atoms with Crippen LogP contribution >= 0.6 is 11.8 Å². The number of allylic oxidation sites excluding steroid dienone is 2. The summed E-state index contributed by atoms with van der Waals surface area (Å²) in [5.41, 5.74) is 0.207. The SMILES string of the molecule is C=C1C=CC(NCl)C(=O)C1=O. The molecule has 0 aliphatic heterocycles. The first-order valence-electron chi connectivity index (χ1n) is 2.98. The molecule has 0 saturated heterocycles. The van der Waals surface area contributed by atoms with E-state index in [4.69, 9.17) is 11.8 Å². The summed E-state index contributed by atoms with van der Waals surface area (Å²) in [6.07, 6.45) is 2.98. The monoisotopic (exact) mass is 171 g/mol. The molecule has 1 atom stereocenters. The Morgan fingerprint density at radius 1 is 1.55 bits per heavy atom. The third-order valence-corrected chi connectivity index (χ3v) is 1.64. The van der Waals surface area contributed by atoms with Gasteiger partial charge in [0.05, 0.1) is 0 Å². The average molecular weight is 172 g/mol. The molecule has 0 aromatic rings. The van der Waals surface area contributed by atoms with Crippen LogP contribution in [0.2, 0.25) is 0 Å². The van der Waals surface area contributed by atoms with Gasteiger partial charge in [0.2, 0.25) is 11.6 Å². The van der Waals surface area contributed by atoms with E-state index in [1.54, 1.807) is 0 Å². The van der Waals surface area contributed by atoms with Crippen molar-refractivity contribution in [3.05, 3.63) is 24.3 Å². The molecule has 58 valence electrons. The highest BCUT2D eigenvalue weighted by atomic mass is 35.5. The van der Waals surface area contributed by atoms with Gasteiger partial charge in [0.25, 0.3) is 0 Å². The van der Waals surface area contributed by atoms with Crippen molar-refractivity contribution >= 4 is 23.3 Å². The summed E-state index contributed by atoms with van der Waals surface area (Å²) < 4.78 is 0. The minimum atomic E-state index is -0.699. The number of nitrogens with one attached hydrogen (secondary N) is 1. The lowest BCUT2D eigenvalue weighted by Crippen LogP contribution is -2.37. The molecule has 0 aromatic heterocycles. The molecule has 0 saturated carbocycles. The van der Waals surface area contributed by atoms with E-state index in [0.29, 0.717) is 0 Å². The maximum absolute atomic E-state index is 11.0. The van der Waals surface area contributed by atoms with Gasteiger partial charge in [-0.1, -0.05) is 18.7 Å². The third-order valence-electron chi connectivity index (χ3n) is 1.41. The molecule has 11 heavy (non-hydrogen) atoms. The van der Waals surface area contributed by atoms with Crippen molar-refractivity contribution in [3.63, 3.8) is 0 Å². The highest BCUT2D eigenvalue weighted by molar-refractivity contribution is 6.47. The number of Topliss-reactive ketones (excluding diaryl/α,β-unsaturated/α-hetero) is 2. The largest absolute Gasteiger partial charge is 0.288 e. The Kier molecular flexibility index (Phi) is 2.22. The molecule has 1 N–H and O–H groups in total. The number of hydrogen-bond donors (Lipinski definition) is 1. The Bertz CT molecular complexity index is 257. The highest BCUT2D eigenvalue weighted by Crippen LogP contribution is 2.08. The highest BCUT2D eigenvalue weighted by Gasteiger charge is 2.27. The van der Waals surface area contributed by atoms with Crippen LogP contribution in [0, 0.1) is 0 Å². The van der Waals surface area contributed by atoms with E-state index in [1.165, 1.54) is 12.2 Å². The maximum Gasteiger partial charge on any atom is 0.230 e. The van der Waals surface area contributed by atoms with Crippen LogP contribution in [0.3, 0.4) is 0 Å². The van der Waals surface area contributed by atoms with Crippen LogP contribution in [0.1, 0.15) is 0 Å². The minimum Gasteiger partial charge on any atom is -0.288 e. The summed E-state index contributed by atoms with van der Waals surface area (Å²) in [4.78, 5) is 24.0. The van der Waals surface area contributed by atoms with Crippen molar-refractivity contribution in [2.24, 2.45) is 0 Å². The fraction of sp³-hybridized carbons (Fsp3) is 0.143. The van der Waals surface area contributed by atoms with E-state index in [-0.39, 0.29) is 5.57 Å². The molecule has 0 radical (unpaired) electrons. The zero-order chi connectivity index (χ0) is 8.43. The van der Waals surface area contributed by atoms with Gasteiger partial charge in [0.15, 0.2) is 0 Å². The van der Waals surface area contributed by atoms with E-state index >= 15 is 0 Å². The first-order chi connectivity index (χ1) is 5.16. The second-order valence-corrected chi connectivity index (χ2v) is 2.38. The van der Waals surface area contributed by atoms with Gasteiger partial charge in [0.1, 0.15) is 6.04 Å². The minimum absolute atomic E-state index is 0.207. The van der Waals surface area contributed by atoms with Gasteiger partial charge in [-0.15, -0.1) is 0 Å². The van der Waals surface area contributed by atoms with Gasteiger partial charge in [0, 0.05) is 5.57 Å². The Hall–Kier alpha value is -0.930. The number of halogens is 1. The Labute approximate surface area is 68.8 Å². The summed E-state index contributed by atoms with van der Waals surface area (Å²) in [6, 6.07) is -0.699. The van der Waals surface area contributed by atoms with Crippen LogP contribution in [-0.2, 0) is 9.59 Å². The second kappa shape index (κ2) is 2.98. The first-order valence-corrected chi connectivity index (χ1v) is 3.36. The van der Waals surface area contributed by atoms with E-state index in [2.05, 4.69) is 11.4 Å². The zero-order valence-corrected chi connectivity index (χ0v) is 6.39. The van der Waals surface area contributed by atoms with Crippen LogP contribution in [0.5, 0.6) is 0 Å². The van der Waals surface area contributed by atoms with Gasteiger partial charge in [-0.2, -0.15) is 0 Å². The first kappa shape index (κ1) is 8.17. The Morgan fingerprint density at radius 2 is 2.18 bits per heavy atom. The molecule has 1 aliphatic rings. The fourth-order valence-electron chi connectivity index (χ4n) is 0.761. The van der Waals surface area contributed by atoms with Crippen LogP contribution in [0.4, 0.5) is 0 Å². The van der Waals surface area contributed by atoms with Gasteiger partial charge >= 0.3 is 0 Å². The van der Waals surface area contributed by atoms with Crippen LogP contribution in [-0.4, -0.2) is 17.6 Å². The van der Waals surface area contributed by atoms with Gasteiger partial charge in [-0.3, -0.25) is 9.59 Å². The molecular formula is C7H6ClNO2. The third kappa shape index (κ3) is 1.39. The van der Waals surface area contributed by atoms with E-state index in [0.717, 1.165) is 0 Å². The summed E-state index contributed by atoms with van der Waals surface area (Å²) in [5.74, 6) is -1.14. The molecular weight excluding hydrogens is 166 g/mol. The van der Waals surface area contributed by atoms with Crippen molar-refractivity contribution in [1.82, 2.24) is 4.84 Å².